The molecule has 5 nitrogen and oxygen atoms in total. The van der Waals surface area contributed by atoms with Gasteiger partial charge in [-0.1, -0.05) is 48.5 Å². The van der Waals surface area contributed by atoms with Crippen LogP contribution in [0.3, 0.4) is 0 Å². The average Bonchev–Trinajstić information content (AvgIpc) is 2.67. The Kier molecular flexibility index (Phi) is 5.81. The maximum absolute atomic E-state index is 12.3. The van der Waals surface area contributed by atoms with Crippen LogP contribution in [-0.2, 0) is 11.3 Å². The molecule has 3 rings (SSSR count). The second-order valence-corrected chi connectivity index (χ2v) is 6.56. The summed E-state index contributed by atoms with van der Waals surface area (Å²) in [4.78, 5) is 24.3. The zero-order chi connectivity index (χ0) is 19.2. The maximum atomic E-state index is 12.3. The minimum absolute atomic E-state index is 0.0559. The van der Waals surface area contributed by atoms with Crippen molar-refractivity contribution in [2.45, 2.75) is 33.2 Å². The van der Waals surface area contributed by atoms with Gasteiger partial charge >= 0.3 is 0 Å². The molecule has 3 aromatic rings. The number of anilines is 1. The first-order valence-corrected chi connectivity index (χ1v) is 9.04. The van der Waals surface area contributed by atoms with Crippen LogP contribution in [0.2, 0.25) is 0 Å². The van der Waals surface area contributed by atoms with Crippen molar-refractivity contribution in [3.8, 4) is 11.3 Å². The van der Waals surface area contributed by atoms with Crippen LogP contribution in [0.15, 0.2) is 65.5 Å². The van der Waals surface area contributed by atoms with Gasteiger partial charge in [-0.3, -0.25) is 9.59 Å². The highest BCUT2D eigenvalue weighted by atomic mass is 16.1. The lowest BCUT2D eigenvalue weighted by molar-refractivity contribution is -0.116. The quantitative estimate of drug-likeness (QED) is 0.723. The first kappa shape index (κ1) is 18.6. The zero-order valence-corrected chi connectivity index (χ0v) is 15.6. The molecule has 0 bridgehead atoms. The van der Waals surface area contributed by atoms with E-state index in [1.807, 2.05) is 62.4 Å². The lowest BCUT2D eigenvalue weighted by atomic mass is 10.1. The average molecular weight is 361 g/mol. The first-order valence-electron chi connectivity index (χ1n) is 9.04. The van der Waals surface area contributed by atoms with Crippen LogP contribution in [-0.4, -0.2) is 15.7 Å². The van der Waals surface area contributed by atoms with Gasteiger partial charge in [0.25, 0.3) is 5.56 Å². The molecule has 0 spiro atoms. The Bertz CT molecular complexity index is 974. The molecule has 5 heteroatoms. The number of hydrogen-bond donors (Lipinski definition) is 1. The van der Waals surface area contributed by atoms with Gasteiger partial charge in [-0.15, -0.1) is 0 Å². The Labute approximate surface area is 158 Å². The minimum atomic E-state index is -0.162. The van der Waals surface area contributed by atoms with E-state index < -0.39 is 0 Å². The summed E-state index contributed by atoms with van der Waals surface area (Å²) in [6.07, 6.45) is 0.874. The summed E-state index contributed by atoms with van der Waals surface area (Å²) in [6, 6.07) is 18.9. The van der Waals surface area contributed by atoms with E-state index in [-0.39, 0.29) is 11.5 Å². The fourth-order valence-corrected chi connectivity index (χ4v) is 2.97. The van der Waals surface area contributed by atoms with Crippen LogP contribution in [0.4, 0.5) is 5.69 Å². The highest BCUT2D eigenvalue weighted by Crippen LogP contribution is 2.19. The predicted molar refractivity (Wildman–Crippen MR) is 108 cm³/mol. The van der Waals surface area contributed by atoms with Crippen molar-refractivity contribution < 1.29 is 4.79 Å². The molecule has 0 saturated heterocycles. The van der Waals surface area contributed by atoms with Crippen molar-refractivity contribution in [3.05, 3.63) is 82.1 Å². The molecule has 2 aromatic carbocycles. The Balaban J connectivity index is 1.62. The lowest BCUT2D eigenvalue weighted by Gasteiger charge is -2.11. The Morgan fingerprint density at radius 3 is 2.37 bits per heavy atom. The summed E-state index contributed by atoms with van der Waals surface area (Å²) in [6.45, 7) is 4.35. The number of aromatic nitrogens is 2. The second kappa shape index (κ2) is 8.45. The molecule has 0 unspecified atom stereocenters. The zero-order valence-electron chi connectivity index (χ0n) is 15.6. The number of aryl methyl sites for hydroxylation is 3. The van der Waals surface area contributed by atoms with Gasteiger partial charge in [0.15, 0.2) is 0 Å². The van der Waals surface area contributed by atoms with Crippen molar-refractivity contribution in [3.63, 3.8) is 0 Å². The summed E-state index contributed by atoms with van der Waals surface area (Å²) in [5.74, 6) is -0.0559. The number of nitrogens with zero attached hydrogens (tertiary/aromatic N) is 2. The molecule has 0 aliphatic rings. The maximum Gasteiger partial charge on any atom is 0.266 e. The van der Waals surface area contributed by atoms with Gasteiger partial charge < -0.3 is 5.32 Å². The first-order chi connectivity index (χ1) is 13.0. The number of carbonyl (C=O) groups excluding carboxylic acids is 1. The van der Waals surface area contributed by atoms with E-state index in [0.717, 1.165) is 28.1 Å². The molecular weight excluding hydrogens is 338 g/mol. The highest BCUT2D eigenvalue weighted by molar-refractivity contribution is 5.92. The SMILES string of the molecule is Cc1cccc(C)c1NC(=O)CCCn1nc(-c2ccccc2)ccc1=O. The molecule has 1 N–H and O–H groups in total. The molecule has 27 heavy (non-hydrogen) atoms. The fraction of sp³-hybridized carbons (Fsp3) is 0.227. The molecule has 0 radical (unpaired) electrons. The van der Waals surface area contributed by atoms with Crippen molar-refractivity contribution in [2.24, 2.45) is 0 Å². The summed E-state index contributed by atoms with van der Waals surface area (Å²) in [7, 11) is 0. The number of amides is 1. The third-order valence-corrected chi connectivity index (χ3v) is 4.46. The standard InChI is InChI=1S/C22H23N3O2/c1-16-8-6-9-17(2)22(16)23-20(26)12-7-15-25-21(27)14-13-19(24-25)18-10-4-3-5-11-18/h3-6,8-11,13-14H,7,12,15H2,1-2H3,(H,23,26). The number of carbonyl (C=O) groups is 1. The number of rotatable bonds is 6. The van der Waals surface area contributed by atoms with Crippen LogP contribution in [0.25, 0.3) is 11.3 Å². The van der Waals surface area contributed by atoms with Gasteiger partial charge in [0.1, 0.15) is 0 Å². The number of hydrogen-bond acceptors (Lipinski definition) is 3. The number of benzene rings is 2. The van der Waals surface area contributed by atoms with Crippen molar-refractivity contribution in [1.82, 2.24) is 9.78 Å². The summed E-state index contributed by atoms with van der Waals surface area (Å²) in [5.41, 5.74) is 4.48. The Morgan fingerprint density at radius 1 is 0.963 bits per heavy atom. The number of nitrogens with one attached hydrogen (secondary N) is 1. The Morgan fingerprint density at radius 2 is 1.67 bits per heavy atom. The van der Waals surface area contributed by atoms with Gasteiger partial charge in [-0.2, -0.15) is 5.10 Å². The summed E-state index contributed by atoms with van der Waals surface area (Å²) in [5, 5.41) is 7.39. The number of para-hydroxylation sites is 1. The van der Waals surface area contributed by atoms with Gasteiger partial charge in [-0.05, 0) is 37.5 Å². The molecule has 1 heterocycles. The van der Waals surface area contributed by atoms with E-state index in [1.165, 1.54) is 10.7 Å². The van der Waals surface area contributed by atoms with Crippen LogP contribution in [0.1, 0.15) is 24.0 Å². The molecule has 0 aliphatic carbocycles. The molecule has 138 valence electrons. The van der Waals surface area contributed by atoms with Gasteiger partial charge in [-0.25, -0.2) is 4.68 Å². The second-order valence-electron chi connectivity index (χ2n) is 6.56. The van der Waals surface area contributed by atoms with E-state index in [9.17, 15) is 9.59 Å². The molecule has 1 amide bonds. The molecular formula is C22H23N3O2. The third-order valence-electron chi connectivity index (χ3n) is 4.46. The minimum Gasteiger partial charge on any atom is -0.326 e. The van der Waals surface area contributed by atoms with Crippen molar-refractivity contribution >= 4 is 11.6 Å². The van der Waals surface area contributed by atoms with Gasteiger partial charge in [0, 0.05) is 30.3 Å². The molecule has 0 aliphatic heterocycles. The van der Waals surface area contributed by atoms with E-state index in [0.29, 0.717) is 19.4 Å². The molecule has 1 aromatic heterocycles. The largest absolute Gasteiger partial charge is 0.326 e. The van der Waals surface area contributed by atoms with Crippen LogP contribution in [0, 0.1) is 13.8 Å². The van der Waals surface area contributed by atoms with E-state index >= 15 is 0 Å². The van der Waals surface area contributed by atoms with Crippen molar-refractivity contribution in [1.29, 1.82) is 0 Å². The van der Waals surface area contributed by atoms with E-state index in [2.05, 4.69) is 10.4 Å². The normalized spacial score (nSPS) is 10.6. The topological polar surface area (TPSA) is 64.0 Å². The molecule has 0 saturated carbocycles. The van der Waals surface area contributed by atoms with E-state index in [4.69, 9.17) is 0 Å². The van der Waals surface area contributed by atoms with E-state index in [1.54, 1.807) is 6.07 Å². The lowest BCUT2D eigenvalue weighted by Crippen LogP contribution is -2.23. The fourth-order valence-electron chi connectivity index (χ4n) is 2.97. The summed E-state index contributed by atoms with van der Waals surface area (Å²) >= 11 is 0. The molecule has 0 atom stereocenters. The molecule has 0 fully saturated rings. The van der Waals surface area contributed by atoms with Gasteiger partial charge in [0.05, 0.1) is 5.69 Å². The van der Waals surface area contributed by atoms with Crippen LogP contribution in [0.5, 0.6) is 0 Å². The van der Waals surface area contributed by atoms with Crippen molar-refractivity contribution in [2.75, 3.05) is 5.32 Å². The smallest absolute Gasteiger partial charge is 0.266 e. The Hall–Kier alpha value is -3.21. The predicted octanol–water partition coefficient (Wildman–Crippen LogP) is 3.95. The summed E-state index contributed by atoms with van der Waals surface area (Å²) < 4.78 is 1.43. The van der Waals surface area contributed by atoms with Crippen LogP contribution >= 0.6 is 0 Å². The third kappa shape index (κ3) is 4.70. The van der Waals surface area contributed by atoms with Gasteiger partial charge in [0.2, 0.25) is 5.91 Å². The van der Waals surface area contributed by atoms with Crippen LogP contribution < -0.4 is 10.9 Å². The highest BCUT2D eigenvalue weighted by Gasteiger charge is 2.08. The monoisotopic (exact) mass is 361 g/mol.